The van der Waals surface area contributed by atoms with Crippen molar-refractivity contribution in [3.05, 3.63) is 63.5 Å². The Morgan fingerprint density at radius 1 is 1.09 bits per heavy atom. The Balaban J connectivity index is 1.54. The third-order valence-electron chi connectivity index (χ3n) is 5.37. The molecular weight excluding hydrogens is 435 g/mol. The molecule has 11 heteroatoms. The van der Waals surface area contributed by atoms with Crippen LogP contribution in [-0.2, 0) is 4.79 Å². The molecule has 0 aliphatic carbocycles. The van der Waals surface area contributed by atoms with Gasteiger partial charge in [-0.25, -0.2) is 4.39 Å². The normalized spacial score (nSPS) is 13.4. The molecule has 0 radical (unpaired) electrons. The summed E-state index contributed by atoms with van der Waals surface area (Å²) in [6, 6.07) is 8.10. The molecule has 2 aromatic carbocycles. The Morgan fingerprint density at radius 3 is 2.33 bits per heavy atom. The molecule has 1 N–H and O–H groups in total. The number of hydrogen-bond acceptors (Lipinski definition) is 7. The average Bonchev–Trinajstić information content (AvgIpc) is 2.81. The second-order valence-corrected chi connectivity index (χ2v) is 7.42. The molecule has 0 aromatic heterocycles. The highest BCUT2D eigenvalue weighted by Crippen LogP contribution is 2.27. The first-order chi connectivity index (χ1) is 15.7. The Kier molecular flexibility index (Phi) is 7.21. The van der Waals surface area contributed by atoms with Crippen LogP contribution in [0.4, 0.5) is 15.8 Å². The Bertz CT molecular complexity index is 1100. The molecule has 33 heavy (non-hydrogen) atoms. The van der Waals surface area contributed by atoms with Crippen LogP contribution in [0.3, 0.4) is 0 Å². The van der Waals surface area contributed by atoms with Crippen LogP contribution in [-0.4, -0.2) is 67.3 Å². The summed E-state index contributed by atoms with van der Waals surface area (Å²) in [5.41, 5.74) is 0.338. The maximum absolute atomic E-state index is 14.4. The van der Waals surface area contributed by atoms with E-state index in [4.69, 9.17) is 4.74 Å². The first-order valence-electron chi connectivity index (χ1n) is 10.1. The molecule has 10 nitrogen and oxygen atoms in total. The summed E-state index contributed by atoms with van der Waals surface area (Å²) >= 11 is 0. The van der Waals surface area contributed by atoms with E-state index in [1.807, 2.05) is 0 Å². The van der Waals surface area contributed by atoms with Gasteiger partial charge in [0.2, 0.25) is 5.91 Å². The number of nitrogens with zero attached hydrogens (tertiary/aromatic N) is 3. The van der Waals surface area contributed by atoms with Gasteiger partial charge in [-0.3, -0.25) is 24.5 Å². The summed E-state index contributed by atoms with van der Waals surface area (Å²) in [6.07, 6.45) is 0. The van der Waals surface area contributed by atoms with Crippen molar-refractivity contribution < 1.29 is 28.4 Å². The van der Waals surface area contributed by atoms with Crippen molar-refractivity contribution in [1.29, 1.82) is 0 Å². The number of ether oxygens (including phenoxy) is 1. The largest absolute Gasteiger partial charge is 0.490 e. The van der Waals surface area contributed by atoms with E-state index in [1.54, 1.807) is 21.9 Å². The van der Waals surface area contributed by atoms with Crippen molar-refractivity contribution in [3.63, 3.8) is 0 Å². The predicted molar refractivity (Wildman–Crippen MR) is 117 cm³/mol. The number of halogens is 1. The van der Waals surface area contributed by atoms with Crippen LogP contribution in [0.15, 0.2) is 36.4 Å². The summed E-state index contributed by atoms with van der Waals surface area (Å²) < 4.78 is 19.3. The summed E-state index contributed by atoms with van der Waals surface area (Å²) in [5.74, 6) is -1.64. The number of nitro groups is 1. The summed E-state index contributed by atoms with van der Waals surface area (Å²) in [5, 5.41) is 13.6. The monoisotopic (exact) mass is 458 g/mol. The fraction of sp³-hybridized carbons (Fsp3) is 0.318. The van der Waals surface area contributed by atoms with Crippen molar-refractivity contribution >= 4 is 29.0 Å². The number of amides is 2. The number of Topliss-reactive ketones (excluding diaryl/α,β-unsaturated/α-hetero) is 1. The van der Waals surface area contributed by atoms with Crippen LogP contribution in [0, 0.1) is 15.9 Å². The van der Waals surface area contributed by atoms with Gasteiger partial charge in [-0.05, 0) is 37.3 Å². The second-order valence-electron chi connectivity index (χ2n) is 7.42. The summed E-state index contributed by atoms with van der Waals surface area (Å²) in [7, 11) is 1.29. The molecule has 1 fully saturated rings. The zero-order valence-electron chi connectivity index (χ0n) is 18.2. The number of piperazine rings is 1. The molecule has 3 rings (SSSR count). The molecule has 174 valence electrons. The molecule has 0 bridgehead atoms. The minimum Gasteiger partial charge on any atom is -0.490 e. The molecule has 2 aromatic rings. The van der Waals surface area contributed by atoms with Crippen molar-refractivity contribution in [3.8, 4) is 5.75 Å². The van der Waals surface area contributed by atoms with Gasteiger partial charge in [-0.1, -0.05) is 0 Å². The molecular formula is C22H23FN4O6. The number of methoxy groups -OCH3 is 1. The number of benzene rings is 2. The molecule has 0 spiro atoms. The quantitative estimate of drug-likeness (QED) is 0.383. The van der Waals surface area contributed by atoms with Crippen molar-refractivity contribution in [2.75, 3.05) is 44.7 Å². The second kappa shape index (κ2) is 10.1. The number of carbonyl (C=O) groups excluding carboxylic acids is 3. The summed E-state index contributed by atoms with van der Waals surface area (Å²) in [6.45, 7) is 2.53. The highest BCUT2D eigenvalue weighted by atomic mass is 19.1. The van der Waals surface area contributed by atoms with Gasteiger partial charge in [0.15, 0.2) is 11.5 Å². The van der Waals surface area contributed by atoms with Gasteiger partial charge in [-0.2, -0.15) is 0 Å². The lowest BCUT2D eigenvalue weighted by atomic mass is 10.1. The Hall–Kier alpha value is -4.02. The number of rotatable bonds is 7. The highest BCUT2D eigenvalue weighted by Gasteiger charge is 2.24. The molecule has 1 aliphatic heterocycles. The SMILES string of the molecule is COc1ccc(C(=O)NCC(=O)N2CCN(c3ccc(C(C)=O)cc3F)CC2)cc1[N+](=O)[O-]. The van der Waals surface area contributed by atoms with E-state index < -0.39 is 16.6 Å². The van der Waals surface area contributed by atoms with Crippen molar-refractivity contribution in [2.24, 2.45) is 0 Å². The molecule has 0 saturated carbocycles. The molecule has 1 aliphatic rings. The predicted octanol–water partition coefficient (Wildman–Crippen LogP) is 2.02. The van der Waals surface area contributed by atoms with Crippen LogP contribution in [0.1, 0.15) is 27.6 Å². The van der Waals surface area contributed by atoms with Gasteiger partial charge in [0.1, 0.15) is 5.82 Å². The lowest BCUT2D eigenvalue weighted by Crippen LogP contribution is -2.51. The third kappa shape index (κ3) is 5.43. The Morgan fingerprint density at radius 2 is 1.76 bits per heavy atom. The van der Waals surface area contributed by atoms with Crippen molar-refractivity contribution in [1.82, 2.24) is 10.2 Å². The van der Waals surface area contributed by atoms with Gasteiger partial charge in [0.05, 0.1) is 24.3 Å². The van der Waals surface area contributed by atoms with Crippen molar-refractivity contribution in [2.45, 2.75) is 6.92 Å². The number of carbonyl (C=O) groups is 3. The van der Waals surface area contributed by atoms with Crippen LogP contribution in [0.25, 0.3) is 0 Å². The first-order valence-corrected chi connectivity index (χ1v) is 10.1. The smallest absolute Gasteiger partial charge is 0.311 e. The van der Waals surface area contributed by atoms with Gasteiger partial charge in [-0.15, -0.1) is 0 Å². The molecule has 1 saturated heterocycles. The fourth-order valence-corrected chi connectivity index (χ4v) is 3.52. The number of hydrogen-bond donors (Lipinski definition) is 1. The maximum Gasteiger partial charge on any atom is 0.311 e. The van der Waals surface area contributed by atoms with Gasteiger partial charge in [0.25, 0.3) is 5.91 Å². The number of anilines is 1. The maximum atomic E-state index is 14.4. The topological polar surface area (TPSA) is 122 Å². The van der Waals surface area contributed by atoms with E-state index in [2.05, 4.69) is 5.32 Å². The summed E-state index contributed by atoms with van der Waals surface area (Å²) in [4.78, 5) is 50.0. The van der Waals surface area contributed by atoms with Gasteiger partial charge in [0, 0.05) is 43.4 Å². The molecule has 2 amide bonds. The zero-order chi connectivity index (χ0) is 24.1. The lowest BCUT2D eigenvalue weighted by Gasteiger charge is -2.36. The van der Waals surface area contributed by atoms with Crippen LogP contribution in [0.2, 0.25) is 0 Å². The van der Waals surface area contributed by atoms with Gasteiger partial charge < -0.3 is 19.9 Å². The van der Waals surface area contributed by atoms with E-state index in [9.17, 15) is 28.9 Å². The number of ketones is 1. The molecule has 0 atom stereocenters. The van der Waals surface area contributed by atoms with E-state index in [1.165, 1.54) is 32.2 Å². The average molecular weight is 458 g/mol. The number of nitrogens with one attached hydrogen (secondary N) is 1. The lowest BCUT2D eigenvalue weighted by molar-refractivity contribution is -0.385. The minimum atomic E-state index is -0.656. The highest BCUT2D eigenvalue weighted by molar-refractivity contribution is 5.97. The van der Waals surface area contributed by atoms with E-state index in [0.29, 0.717) is 37.4 Å². The first kappa shape index (κ1) is 23.6. The van der Waals surface area contributed by atoms with Crippen LogP contribution < -0.4 is 15.0 Å². The van der Waals surface area contributed by atoms with E-state index in [-0.39, 0.29) is 35.2 Å². The van der Waals surface area contributed by atoms with E-state index in [0.717, 1.165) is 6.07 Å². The Labute approximate surface area is 189 Å². The van der Waals surface area contributed by atoms with Gasteiger partial charge >= 0.3 is 5.69 Å². The zero-order valence-corrected chi connectivity index (χ0v) is 18.2. The van der Waals surface area contributed by atoms with Crippen LogP contribution in [0.5, 0.6) is 5.75 Å². The van der Waals surface area contributed by atoms with E-state index >= 15 is 0 Å². The molecule has 1 heterocycles. The number of nitro benzene ring substituents is 1. The molecule has 0 unspecified atom stereocenters. The third-order valence-corrected chi connectivity index (χ3v) is 5.37. The minimum absolute atomic E-state index is 0.0258. The standard InChI is InChI=1S/C22H23FN4O6/c1-14(28)15-3-5-18(17(23)11-15)25-7-9-26(10-8-25)21(29)13-24-22(30)16-4-6-20(33-2)19(12-16)27(31)32/h3-6,11-12H,7-10,13H2,1-2H3,(H,24,30). The fourth-order valence-electron chi connectivity index (χ4n) is 3.52. The van der Waals surface area contributed by atoms with Crippen LogP contribution >= 0.6 is 0 Å².